The molecule has 0 aliphatic heterocycles. The highest BCUT2D eigenvalue weighted by molar-refractivity contribution is 5.90. The molecule has 0 aliphatic rings. The Kier molecular flexibility index (Phi) is 5.50. The number of amides is 1. The molecule has 5 nitrogen and oxygen atoms in total. The second kappa shape index (κ2) is 7.99. The van der Waals surface area contributed by atoms with Gasteiger partial charge in [-0.05, 0) is 55.2 Å². The molecule has 2 aromatic carbocycles. The zero-order valence-corrected chi connectivity index (χ0v) is 15.8. The number of anilines is 1. The molecule has 5 heteroatoms. The van der Waals surface area contributed by atoms with Crippen LogP contribution in [0, 0.1) is 13.8 Å². The lowest BCUT2D eigenvalue weighted by atomic mass is 10.1. The molecule has 0 bridgehead atoms. The van der Waals surface area contributed by atoms with Gasteiger partial charge in [-0.15, -0.1) is 0 Å². The molecule has 27 heavy (non-hydrogen) atoms. The molecular formula is C22H23N3O2. The van der Waals surface area contributed by atoms with E-state index in [9.17, 15) is 9.59 Å². The Bertz CT molecular complexity index is 1020. The number of nitrogens with zero attached hydrogens (tertiary/aromatic N) is 2. The number of carbonyl (C=O) groups excluding carboxylic acids is 1. The first-order valence-electron chi connectivity index (χ1n) is 9.01. The Morgan fingerprint density at radius 3 is 2.41 bits per heavy atom. The summed E-state index contributed by atoms with van der Waals surface area (Å²) in [6.45, 7) is 5.97. The molecule has 0 spiro atoms. The lowest BCUT2D eigenvalue weighted by Gasteiger charge is -2.10. The minimum absolute atomic E-state index is 0.132. The van der Waals surface area contributed by atoms with Crippen molar-refractivity contribution in [3.05, 3.63) is 81.6 Å². The minimum atomic E-state index is -0.306. The van der Waals surface area contributed by atoms with Crippen molar-refractivity contribution in [1.82, 2.24) is 9.78 Å². The van der Waals surface area contributed by atoms with Gasteiger partial charge >= 0.3 is 0 Å². The van der Waals surface area contributed by atoms with E-state index in [1.165, 1.54) is 16.3 Å². The zero-order valence-electron chi connectivity index (χ0n) is 15.8. The van der Waals surface area contributed by atoms with Crippen LogP contribution in [0.3, 0.4) is 0 Å². The van der Waals surface area contributed by atoms with Crippen LogP contribution in [0.5, 0.6) is 0 Å². The average Bonchev–Trinajstić information content (AvgIpc) is 2.66. The van der Waals surface area contributed by atoms with Gasteiger partial charge in [0.05, 0.1) is 5.69 Å². The molecule has 1 N–H and O–H groups in total. The molecule has 1 aromatic heterocycles. The highest BCUT2D eigenvalue weighted by Crippen LogP contribution is 2.17. The Balaban J connectivity index is 1.78. The van der Waals surface area contributed by atoms with Gasteiger partial charge in [-0.2, -0.15) is 5.10 Å². The Morgan fingerprint density at radius 1 is 1.00 bits per heavy atom. The fraction of sp³-hybridized carbons (Fsp3) is 0.227. The number of aryl methyl sites for hydroxylation is 3. The van der Waals surface area contributed by atoms with Crippen LogP contribution in [0.1, 0.15) is 23.6 Å². The normalized spacial score (nSPS) is 10.6. The maximum Gasteiger partial charge on any atom is 0.267 e. The first kappa shape index (κ1) is 18.6. The molecule has 0 unspecified atom stereocenters. The van der Waals surface area contributed by atoms with Crippen LogP contribution >= 0.6 is 0 Å². The van der Waals surface area contributed by atoms with Gasteiger partial charge in [0.1, 0.15) is 6.54 Å². The molecule has 3 aromatic rings. The summed E-state index contributed by atoms with van der Waals surface area (Å²) in [6.07, 6.45) is 0.964. The van der Waals surface area contributed by atoms with Crippen LogP contribution in [0.25, 0.3) is 11.3 Å². The second-order valence-electron chi connectivity index (χ2n) is 6.61. The third kappa shape index (κ3) is 4.50. The van der Waals surface area contributed by atoms with E-state index in [1.54, 1.807) is 6.07 Å². The highest BCUT2D eigenvalue weighted by atomic mass is 16.2. The molecule has 0 saturated heterocycles. The lowest BCUT2D eigenvalue weighted by Crippen LogP contribution is -2.29. The van der Waals surface area contributed by atoms with E-state index in [0.717, 1.165) is 23.1 Å². The SMILES string of the molecule is CCc1ccc(-c2ccc(=O)n(CC(=O)Nc3ccc(C)c(C)c3)n2)cc1. The van der Waals surface area contributed by atoms with Crippen molar-refractivity contribution in [2.75, 3.05) is 5.32 Å². The smallest absolute Gasteiger partial charge is 0.267 e. The average molecular weight is 361 g/mol. The summed E-state index contributed by atoms with van der Waals surface area (Å²) in [6, 6.07) is 16.9. The molecule has 0 aliphatic carbocycles. The van der Waals surface area contributed by atoms with Crippen molar-refractivity contribution < 1.29 is 4.79 Å². The van der Waals surface area contributed by atoms with Gasteiger partial charge in [0.15, 0.2) is 0 Å². The van der Waals surface area contributed by atoms with Crippen molar-refractivity contribution in [3.63, 3.8) is 0 Å². The van der Waals surface area contributed by atoms with Crippen molar-refractivity contribution in [2.24, 2.45) is 0 Å². The summed E-state index contributed by atoms with van der Waals surface area (Å²) < 4.78 is 1.19. The van der Waals surface area contributed by atoms with Crippen molar-refractivity contribution in [2.45, 2.75) is 33.7 Å². The molecule has 1 amide bonds. The number of hydrogen-bond donors (Lipinski definition) is 1. The maximum absolute atomic E-state index is 12.4. The molecular weight excluding hydrogens is 338 g/mol. The molecule has 0 fully saturated rings. The van der Waals surface area contributed by atoms with Gasteiger partial charge in [-0.25, -0.2) is 4.68 Å². The summed E-state index contributed by atoms with van der Waals surface area (Å²) in [4.78, 5) is 24.5. The molecule has 0 saturated carbocycles. The van der Waals surface area contributed by atoms with Gasteiger partial charge in [0.2, 0.25) is 5.91 Å². The Labute approximate surface area is 158 Å². The van der Waals surface area contributed by atoms with Crippen LogP contribution in [0.2, 0.25) is 0 Å². The first-order valence-corrected chi connectivity index (χ1v) is 9.01. The molecule has 0 radical (unpaired) electrons. The number of benzene rings is 2. The molecule has 0 atom stereocenters. The summed E-state index contributed by atoms with van der Waals surface area (Å²) in [5, 5.41) is 7.18. The number of hydrogen-bond acceptors (Lipinski definition) is 3. The number of nitrogens with one attached hydrogen (secondary N) is 1. The fourth-order valence-electron chi connectivity index (χ4n) is 2.78. The Hall–Kier alpha value is -3.21. The fourth-order valence-corrected chi connectivity index (χ4v) is 2.78. The van der Waals surface area contributed by atoms with Gasteiger partial charge < -0.3 is 5.32 Å². The molecule has 138 valence electrons. The van der Waals surface area contributed by atoms with Gasteiger partial charge in [-0.1, -0.05) is 37.3 Å². The van der Waals surface area contributed by atoms with Crippen molar-refractivity contribution in [3.8, 4) is 11.3 Å². The minimum Gasteiger partial charge on any atom is -0.324 e. The number of aromatic nitrogens is 2. The van der Waals surface area contributed by atoms with Crippen LogP contribution in [0.4, 0.5) is 5.69 Å². The van der Waals surface area contributed by atoms with Crippen LogP contribution < -0.4 is 10.9 Å². The van der Waals surface area contributed by atoms with E-state index in [-0.39, 0.29) is 18.0 Å². The van der Waals surface area contributed by atoms with E-state index >= 15 is 0 Å². The van der Waals surface area contributed by atoms with E-state index in [1.807, 2.05) is 56.3 Å². The molecule has 3 rings (SSSR count). The van der Waals surface area contributed by atoms with Gasteiger partial charge in [0, 0.05) is 17.3 Å². The lowest BCUT2D eigenvalue weighted by molar-refractivity contribution is -0.117. The standard InChI is InChI=1S/C22H23N3O2/c1-4-17-6-8-18(9-7-17)20-11-12-22(27)25(24-20)14-21(26)23-19-10-5-15(2)16(3)13-19/h5-13H,4,14H2,1-3H3,(H,23,26). The van der Waals surface area contributed by atoms with E-state index in [4.69, 9.17) is 0 Å². The summed E-state index contributed by atoms with van der Waals surface area (Å²) in [7, 11) is 0. The second-order valence-corrected chi connectivity index (χ2v) is 6.61. The van der Waals surface area contributed by atoms with Crippen molar-refractivity contribution >= 4 is 11.6 Å². The Morgan fingerprint density at radius 2 is 1.74 bits per heavy atom. The summed E-state index contributed by atoms with van der Waals surface area (Å²) in [5.41, 5.74) is 5.47. The first-order chi connectivity index (χ1) is 13.0. The maximum atomic E-state index is 12.4. The third-order valence-corrected chi connectivity index (χ3v) is 4.61. The molecule has 1 heterocycles. The topological polar surface area (TPSA) is 64.0 Å². The van der Waals surface area contributed by atoms with Gasteiger partial charge in [0.25, 0.3) is 5.56 Å². The highest BCUT2D eigenvalue weighted by Gasteiger charge is 2.09. The van der Waals surface area contributed by atoms with Crippen LogP contribution in [-0.4, -0.2) is 15.7 Å². The van der Waals surface area contributed by atoms with E-state index in [2.05, 4.69) is 17.3 Å². The predicted octanol–water partition coefficient (Wildman–Crippen LogP) is 3.73. The van der Waals surface area contributed by atoms with Crippen LogP contribution in [-0.2, 0) is 17.8 Å². The summed E-state index contributed by atoms with van der Waals surface area (Å²) in [5.74, 6) is -0.286. The van der Waals surface area contributed by atoms with Crippen molar-refractivity contribution in [1.29, 1.82) is 0 Å². The van der Waals surface area contributed by atoms with Gasteiger partial charge in [-0.3, -0.25) is 9.59 Å². The van der Waals surface area contributed by atoms with E-state index < -0.39 is 0 Å². The van der Waals surface area contributed by atoms with E-state index in [0.29, 0.717) is 11.4 Å². The quantitative estimate of drug-likeness (QED) is 0.753. The zero-order chi connectivity index (χ0) is 19.4. The van der Waals surface area contributed by atoms with Crippen LogP contribution in [0.15, 0.2) is 59.4 Å². The predicted molar refractivity (Wildman–Crippen MR) is 108 cm³/mol. The number of carbonyl (C=O) groups is 1. The number of rotatable bonds is 5. The third-order valence-electron chi connectivity index (χ3n) is 4.61. The monoisotopic (exact) mass is 361 g/mol. The summed E-state index contributed by atoms with van der Waals surface area (Å²) >= 11 is 0. The largest absolute Gasteiger partial charge is 0.324 e.